The number of aryl methyl sites for hydroxylation is 1. The normalized spacial score (nSPS) is 25.4. The van der Waals surface area contributed by atoms with Crippen molar-refractivity contribution in [2.45, 2.75) is 69.7 Å². The molecule has 3 aliphatic rings. The Balaban J connectivity index is 0.000000472. The molecule has 0 saturated heterocycles. The lowest BCUT2D eigenvalue weighted by molar-refractivity contribution is -0.137. The number of carboxylic acid groups (broad SMARTS) is 2. The van der Waals surface area contributed by atoms with Crippen molar-refractivity contribution in [3.8, 4) is 0 Å². The Bertz CT molecular complexity index is 942. The van der Waals surface area contributed by atoms with E-state index < -0.39 is 6.16 Å². The van der Waals surface area contributed by atoms with Crippen molar-refractivity contribution >= 4 is 28.6 Å². The molecule has 0 amide bonds. The van der Waals surface area contributed by atoms with Crippen LogP contribution in [0.2, 0.25) is 0 Å². The molecule has 3 heterocycles. The summed E-state index contributed by atoms with van der Waals surface area (Å²) in [5, 5.41) is 37.2. The summed E-state index contributed by atoms with van der Waals surface area (Å²) in [6.07, 6.45) is 7.44. The van der Waals surface area contributed by atoms with Gasteiger partial charge in [-0.1, -0.05) is 5.16 Å². The van der Waals surface area contributed by atoms with E-state index in [1.807, 2.05) is 17.1 Å². The van der Waals surface area contributed by atoms with E-state index in [1.54, 1.807) is 0 Å². The molecule has 5 rings (SSSR count). The summed E-state index contributed by atoms with van der Waals surface area (Å²) in [4.78, 5) is 18.9. The number of anilines is 1. The molecule has 2 fully saturated rings. The second-order valence-electron chi connectivity index (χ2n) is 7.85. The number of carbonyl (C=O) groups is 1. The highest BCUT2D eigenvalue weighted by atomic mass is 16.7. The number of aromatic nitrogens is 3. The molecule has 2 aromatic rings. The lowest BCUT2D eigenvalue weighted by Gasteiger charge is -2.39. The first kappa shape index (κ1) is 19.4. The number of hydrogen-bond donors (Lipinski definition) is 4. The standard InChI is InChI=1S/C18H23N5O2.CH2O3/c1-2-23-17-14(10-20-23)16(21-11-4-3-5-11)13(9-19-17)15-8-18(25-22-15)6-12(24)7-18;2-1(3)4/h9-12,24H,2-8H2,1H3,(H,19,21);(H2,2,3,4). The largest absolute Gasteiger partial charge is 0.503 e. The molecule has 2 aliphatic carbocycles. The van der Waals surface area contributed by atoms with E-state index in [-0.39, 0.29) is 11.7 Å². The zero-order valence-electron chi connectivity index (χ0n) is 16.2. The van der Waals surface area contributed by atoms with Crippen molar-refractivity contribution in [2.24, 2.45) is 5.16 Å². The average Bonchev–Trinajstić information content (AvgIpc) is 3.21. The summed E-state index contributed by atoms with van der Waals surface area (Å²) < 4.78 is 1.92. The minimum atomic E-state index is -1.83. The molecule has 2 aromatic heterocycles. The number of nitrogens with zero attached hydrogens (tertiary/aromatic N) is 4. The Kier molecular flexibility index (Phi) is 5.03. The lowest BCUT2D eigenvalue weighted by Crippen LogP contribution is -2.47. The van der Waals surface area contributed by atoms with Gasteiger partial charge in [0.2, 0.25) is 0 Å². The minimum Gasteiger partial charge on any atom is -0.450 e. The number of pyridine rings is 1. The van der Waals surface area contributed by atoms with Crippen molar-refractivity contribution in [1.82, 2.24) is 14.8 Å². The molecular weight excluding hydrogens is 378 g/mol. The molecule has 10 heteroatoms. The van der Waals surface area contributed by atoms with Crippen LogP contribution >= 0.6 is 0 Å². The quantitative estimate of drug-likeness (QED) is 0.610. The van der Waals surface area contributed by atoms with Crippen LogP contribution in [0.3, 0.4) is 0 Å². The van der Waals surface area contributed by atoms with Crippen LogP contribution in [0, 0.1) is 0 Å². The number of aliphatic hydroxyl groups is 1. The number of fused-ring (bicyclic) bond motifs is 1. The molecule has 1 aliphatic heterocycles. The summed E-state index contributed by atoms with van der Waals surface area (Å²) in [6, 6.07) is 0.511. The third kappa shape index (κ3) is 3.71. The first-order chi connectivity index (χ1) is 13.9. The first-order valence-electron chi connectivity index (χ1n) is 9.87. The Morgan fingerprint density at radius 2 is 2.07 bits per heavy atom. The number of aliphatic hydroxyl groups excluding tert-OH is 1. The molecule has 0 atom stereocenters. The van der Waals surface area contributed by atoms with Gasteiger partial charge in [-0.3, -0.25) is 0 Å². The second-order valence-corrected chi connectivity index (χ2v) is 7.85. The topological polar surface area (TPSA) is 142 Å². The van der Waals surface area contributed by atoms with Gasteiger partial charge in [0.1, 0.15) is 5.60 Å². The van der Waals surface area contributed by atoms with Gasteiger partial charge in [-0.15, -0.1) is 0 Å². The fourth-order valence-electron chi connectivity index (χ4n) is 4.07. The summed E-state index contributed by atoms with van der Waals surface area (Å²) in [6.45, 7) is 2.87. The van der Waals surface area contributed by atoms with Gasteiger partial charge in [0, 0.05) is 43.6 Å². The van der Waals surface area contributed by atoms with Crippen LogP contribution in [0.4, 0.5) is 10.5 Å². The zero-order valence-corrected chi connectivity index (χ0v) is 16.2. The van der Waals surface area contributed by atoms with Crippen molar-refractivity contribution < 1.29 is 25.0 Å². The highest BCUT2D eigenvalue weighted by molar-refractivity contribution is 6.10. The van der Waals surface area contributed by atoms with Crippen molar-refractivity contribution in [2.75, 3.05) is 5.32 Å². The zero-order chi connectivity index (χ0) is 20.6. The second kappa shape index (κ2) is 7.51. The predicted octanol–water partition coefficient (Wildman–Crippen LogP) is 2.66. The van der Waals surface area contributed by atoms with E-state index in [0.717, 1.165) is 41.0 Å². The first-order valence-corrected chi connectivity index (χ1v) is 9.87. The van der Waals surface area contributed by atoms with Crippen molar-refractivity contribution in [3.05, 3.63) is 18.0 Å². The van der Waals surface area contributed by atoms with Gasteiger partial charge in [0.05, 0.1) is 29.1 Å². The molecule has 4 N–H and O–H groups in total. The maximum atomic E-state index is 9.65. The Morgan fingerprint density at radius 1 is 1.34 bits per heavy atom. The van der Waals surface area contributed by atoms with Gasteiger partial charge < -0.3 is 25.5 Å². The summed E-state index contributed by atoms with van der Waals surface area (Å²) in [5.74, 6) is 0. The molecule has 0 radical (unpaired) electrons. The molecule has 29 heavy (non-hydrogen) atoms. The highest BCUT2D eigenvalue weighted by Crippen LogP contribution is 2.44. The van der Waals surface area contributed by atoms with E-state index in [9.17, 15) is 5.11 Å². The maximum Gasteiger partial charge on any atom is 0.503 e. The van der Waals surface area contributed by atoms with E-state index in [2.05, 4.69) is 27.5 Å². The Morgan fingerprint density at radius 3 is 2.66 bits per heavy atom. The third-order valence-corrected chi connectivity index (χ3v) is 5.78. The van der Waals surface area contributed by atoms with E-state index in [4.69, 9.17) is 19.8 Å². The fourth-order valence-corrected chi connectivity index (χ4v) is 4.07. The molecule has 0 unspecified atom stereocenters. The van der Waals surface area contributed by atoms with Gasteiger partial charge in [-0.25, -0.2) is 14.5 Å². The average molecular weight is 403 g/mol. The number of rotatable bonds is 4. The molecule has 10 nitrogen and oxygen atoms in total. The smallest absolute Gasteiger partial charge is 0.450 e. The van der Waals surface area contributed by atoms with Crippen LogP contribution in [0.1, 0.15) is 51.0 Å². The molecule has 2 saturated carbocycles. The highest BCUT2D eigenvalue weighted by Gasteiger charge is 2.50. The summed E-state index contributed by atoms with van der Waals surface area (Å²) in [5.41, 5.74) is 3.61. The van der Waals surface area contributed by atoms with Crippen LogP contribution in [0.25, 0.3) is 11.0 Å². The summed E-state index contributed by atoms with van der Waals surface area (Å²) >= 11 is 0. The van der Waals surface area contributed by atoms with E-state index in [1.165, 1.54) is 19.3 Å². The van der Waals surface area contributed by atoms with Crippen LogP contribution in [0.15, 0.2) is 17.5 Å². The van der Waals surface area contributed by atoms with Gasteiger partial charge in [0.15, 0.2) is 5.65 Å². The Labute approximate surface area is 167 Å². The van der Waals surface area contributed by atoms with Crippen molar-refractivity contribution in [3.63, 3.8) is 0 Å². The molecule has 0 aromatic carbocycles. The van der Waals surface area contributed by atoms with Crippen LogP contribution < -0.4 is 5.32 Å². The van der Waals surface area contributed by atoms with Crippen molar-refractivity contribution in [1.29, 1.82) is 0 Å². The van der Waals surface area contributed by atoms with Gasteiger partial charge >= 0.3 is 6.16 Å². The van der Waals surface area contributed by atoms with E-state index >= 15 is 0 Å². The molecular formula is C19H25N5O5. The van der Waals surface area contributed by atoms with Crippen LogP contribution in [0.5, 0.6) is 0 Å². The molecule has 1 spiro atoms. The third-order valence-electron chi connectivity index (χ3n) is 5.78. The number of hydrogen-bond acceptors (Lipinski definition) is 7. The predicted molar refractivity (Wildman–Crippen MR) is 105 cm³/mol. The Hall–Kier alpha value is -2.88. The SMILES string of the molecule is CCn1ncc2c(NC3CCC3)c(C3=NOC4(C3)CC(O)C4)cnc21.O=C(O)O. The van der Waals surface area contributed by atoms with Crippen LogP contribution in [-0.4, -0.2) is 59.7 Å². The van der Waals surface area contributed by atoms with Crippen LogP contribution in [-0.2, 0) is 11.4 Å². The molecule has 156 valence electrons. The monoisotopic (exact) mass is 403 g/mol. The van der Waals surface area contributed by atoms with Gasteiger partial charge in [-0.05, 0) is 26.2 Å². The lowest BCUT2D eigenvalue weighted by atomic mass is 9.74. The summed E-state index contributed by atoms with van der Waals surface area (Å²) in [7, 11) is 0. The van der Waals surface area contributed by atoms with E-state index in [0.29, 0.717) is 18.9 Å². The van der Waals surface area contributed by atoms with Gasteiger partial charge in [0.25, 0.3) is 0 Å². The molecule has 0 bridgehead atoms. The fraction of sp³-hybridized carbons (Fsp3) is 0.579. The number of oxime groups is 1. The minimum absolute atomic E-state index is 0.259. The van der Waals surface area contributed by atoms with Gasteiger partial charge in [-0.2, -0.15) is 5.10 Å². The number of nitrogens with one attached hydrogen (secondary N) is 1. The maximum absolute atomic E-state index is 9.65.